The Labute approximate surface area is 259 Å². The minimum absolute atomic E-state index is 0.0147. The van der Waals surface area contributed by atoms with Crippen LogP contribution >= 0.6 is 0 Å². The van der Waals surface area contributed by atoms with Gasteiger partial charge in [0.1, 0.15) is 59.5 Å². The molecule has 3 heterocycles. The first kappa shape index (κ1) is 33.5. The largest absolute Gasteiger partial charge is 0.504 e. The van der Waals surface area contributed by atoms with Gasteiger partial charge in [-0.15, -0.1) is 0 Å². The van der Waals surface area contributed by atoms with Crippen LogP contribution in [0.15, 0.2) is 33.5 Å². The number of phenols is 2. The lowest BCUT2D eigenvalue weighted by molar-refractivity contribution is -0.307. The fourth-order valence-corrected chi connectivity index (χ4v) is 5.12. The van der Waals surface area contributed by atoms with Gasteiger partial charge in [-0.05, 0) is 12.1 Å². The number of aliphatic hydroxyl groups is 6. The number of rotatable bonds is 9. The Kier molecular flexibility index (Phi) is 9.78. The molecule has 46 heavy (non-hydrogen) atoms. The van der Waals surface area contributed by atoms with E-state index >= 15 is 0 Å². The molecular weight excluding hydrogens is 620 g/mol. The van der Waals surface area contributed by atoms with E-state index in [1.165, 1.54) is 39.5 Å². The van der Waals surface area contributed by atoms with Gasteiger partial charge in [0.25, 0.3) is 0 Å². The number of aliphatic hydroxyl groups excluding tert-OH is 6. The third-order valence-corrected chi connectivity index (χ3v) is 7.67. The highest BCUT2D eigenvalue weighted by atomic mass is 16.7. The molecule has 2 aliphatic rings. The first-order chi connectivity index (χ1) is 21.9. The molecule has 0 amide bonds. The van der Waals surface area contributed by atoms with Crippen LogP contribution in [-0.4, -0.2) is 131 Å². The Hall–Kier alpha value is -3.91. The van der Waals surface area contributed by atoms with Crippen LogP contribution in [0.3, 0.4) is 0 Å². The number of fused-ring (bicyclic) bond motifs is 1. The van der Waals surface area contributed by atoms with Crippen LogP contribution in [0.4, 0.5) is 0 Å². The molecule has 3 aromatic rings. The highest BCUT2D eigenvalue weighted by Gasteiger charge is 2.47. The summed E-state index contributed by atoms with van der Waals surface area (Å²) in [6.07, 6.45) is -14.5. The van der Waals surface area contributed by atoms with Crippen molar-refractivity contribution in [3.05, 3.63) is 34.5 Å². The smallest absolute Gasteiger partial charge is 0.229 e. The molecule has 9 atom stereocenters. The summed E-state index contributed by atoms with van der Waals surface area (Å²) in [4.78, 5) is 13.2. The van der Waals surface area contributed by atoms with Crippen molar-refractivity contribution in [3.8, 4) is 45.8 Å². The fraction of sp³-hybridized carbons (Fsp3) is 0.483. The molecule has 0 unspecified atom stereocenters. The van der Waals surface area contributed by atoms with E-state index in [-0.39, 0.29) is 57.6 Å². The normalized spacial score (nSPS) is 29.8. The van der Waals surface area contributed by atoms with Gasteiger partial charge in [-0.3, -0.25) is 4.79 Å². The van der Waals surface area contributed by atoms with E-state index < -0.39 is 73.1 Å². The van der Waals surface area contributed by atoms with Gasteiger partial charge in [0.05, 0.1) is 34.5 Å². The van der Waals surface area contributed by atoms with Crippen molar-refractivity contribution >= 4 is 11.0 Å². The third kappa shape index (κ3) is 6.11. The zero-order valence-corrected chi connectivity index (χ0v) is 24.7. The summed E-state index contributed by atoms with van der Waals surface area (Å²) in [6.45, 7) is -0.881. The summed E-state index contributed by atoms with van der Waals surface area (Å²) < 4.78 is 43.5. The summed E-state index contributed by atoms with van der Waals surface area (Å²) in [6, 6.07) is 5.05. The van der Waals surface area contributed by atoms with Gasteiger partial charge in [0, 0.05) is 17.7 Å². The Morgan fingerprint density at radius 2 is 1.41 bits per heavy atom. The van der Waals surface area contributed by atoms with E-state index in [2.05, 4.69) is 0 Å². The number of phenolic OH excluding ortho intramolecular Hbond substituents is 2. The molecule has 2 aliphatic heterocycles. The summed E-state index contributed by atoms with van der Waals surface area (Å²) in [5, 5.41) is 82.3. The maximum absolute atomic E-state index is 13.2. The van der Waals surface area contributed by atoms with Gasteiger partial charge in [-0.2, -0.15) is 0 Å². The molecule has 2 saturated heterocycles. The predicted molar refractivity (Wildman–Crippen MR) is 152 cm³/mol. The first-order valence-electron chi connectivity index (χ1n) is 13.9. The van der Waals surface area contributed by atoms with Crippen LogP contribution in [0.1, 0.15) is 0 Å². The second kappa shape index (κ2) is 13.4. The molecule has 0 aliphatic carbocycles. The van der Waals surface area contributed by atoms with Crippen molar-refractivity contribution in [2.75, 3.05) is 34.5 Å². The highest BCUT2D eigenvalue weighted by molar-refractivity contribution is 5.89. The average Bonchev–Trinajstić information content (AvgIpc) is 3.04. The maximum atomic E-state index is 13.2. The van der Waals surface area contributed by atoms with Crippen molar-refractivity contribution in [2.24, 2.45) is 0 Å². The molecule has 0 radical (unpaired) electrons. The van der Waals surface area contributed by atoms with Gasteiger partial charge in [0.15, 0.2) is 34.7 Å². The molecule has 17 heteroatoms. The van der Waals surface area contributed by atoms with E-state index in [4.69, 9.17) is 37.6 Å². The molecule has 252 valence electrons. The zero-order valence-electron chi connectivity index (χ0n) is 24.7. The van der Waals surface area contributed by atoms with Crippen molar-refractivity contribution in [3.63, 3.8) is 0 Å². The van der Waals surface area contributed by atoms with Crippen LogP contribution in [-0.2, 0) is 14.2 Å². The van der Waals surface area contributed by atoms with Crippen LogP contribution in [0.25, 0.3) is 22.3 Å². The molecule has 8 N–H and O–H groups in total. The van der Waals surface area contributed by atoms with Crippen molar-refractivity contribution in [2.45, 2.75) is 55.3 Å². The lowest BCUT2D eigenvalue weighted by Crippen LogP contribution is -2.61. The van der Waals surface area contributed by atoms with Crippen molar-refractivity contribution < 1.29 is 78.4 Å². The minimum Gasteiger partial charge on any atom is -0.504 e. The zero-order chi connectivity index (χ0) is 33.4. The van der Waals surface area contributed by atoms with Crippen LogP contribution < -0.4 is 24.4 Å². The first-order valence-corrected chi connectivity index (χ1v) is 13.9. The predicted octanol–water partition coefficient (Wildman–Crippen LogP) is -1.46. The lowest BCUT2D eigenvalue weighted by atomic mass is 9.99. The molecule has 17 nitrogen and oxygen atoms in total. The summed E-state index contributed by atoms with van der Waals surface area (Å²) in [5.74, 6) is -1.57. The minimum atomic E-state index is -1.85. The quantitative estimate of drug-likeness (QED) is 0.131. The van der Waals surface area contributed by atoms with Gasteiger partial charge in [-0.25, -0.2) is 0 Å². The third-order valence-electron chi connectivity index (χ3n) is 7.67. The Balaban J connectivity index is 1.45. The Morgan fingerprint density at radius 1 is 0.761 bits per heavy atom. The van der Waals surface area contributed by atoms with Crippen LogP contribution in [0.5, 0.6) is 34.5 Å². The standard InChI is InChI=1S/C29H34O17/c1-39-15-4-10(5-16(40-2)21(15)33)13-6-11(30)19-14(44-13)7-17(27(41-3)23(19)35)45-29-26(38)24(36)22(34)18(46-29)9-43-28-25(37)20(32)12(31)8-42-28/h4-7,12,18,20,22,24-26,28-29,31-38H,8-9H2,1-3H3/t12-,18-,20-,22-,24+,25-,26-,28-,29-/m1/s1. The summed E-state index contributed by atoms with van der Waals surface area (Å²) >= 11 is 0. The van der Waals surface area contributed by atoms with E-state index in [9.17, 15) is 45.6 Å². The summed E-state index contributed by atoms with van der Waals surface area (Å²) in [7, 11) is 3.81. The number of hydrogen-bond acceptors (Lipinski definition) is 17. The van der Waals surface area contributed by atoms with Gasteiger partial charge < -0.3 is 78.4 Å². The molecule has 2 fully saturated rings. The van der Waals surface area contributed by atoms with Crippen LogP contribution in [0, 0.1) is 0 Å². The summed E-state index contributed by atoms with van der Waals surface area (Å²) in [5.41, 5.74) is -0.612. The fourth-order valence-electron chi connectivity index (χ4n) is 5.12. The lowest BCUT2D eigenvalue weighted by Gasteiger charge is -2.41. The number of hydrogen-bond donors (Lipinski definition) is 8. The maximum Gasteiger partial charge on any atom is 0.229 e. The van der Waals surface area contributed by atoms with Gasteiger partial charge in [0.2, 0.25) is 17.8 Å². The van der Waals surface area contributed by atoms with E-state index in [0.29, 0.717) is 0 Å². The highest BCUT2D eigenvalue weighted by Crippen LogP contribution is 2.45. The van der Waals surface area contributed by atoms with Gasteiger partial charge in [-0.1, -0.05) is 0 Å². The van der Waals surface area contributed by atoms with Crippen LogP contribution in [0.2, 0.25) is 0 Å². The number of benzene rings is 2. The average molecular weight is 655 g/mol. The molecule has 1 aromatic heterocycles. The SMILES string of the molecule is COc1cc(-c2cc(=O)c3c(O)c(OC)c(O[C@@H]4O[C@H](CO[C@H]5OC[C@@H](O)[C@@H](O)[C@H]5O)[C@@H](O)[C@H](O)[C@H]4O)cc3o2)cc(OC)c1O. The molecule has 5 rings (SSSR count). The topological polar surface area (TPSA) is 257 Å². The van der Waals surface area contributed by atoms with Crippen molar-refractivity contribution in [1.82, 2.24) is 0 Å². The Morgan fingerprint density at radius 3 is 2.04 bits per heavy atom. The van der Waals surface area contributed by atoms with Gasteiger partial charge >= 0.3 is 0 Å². The molecule has 0 bridgehead atoms. The second-order valence-corrected chi connectivity index (χ2v) is 10.6. The Bertz CT molecular complexity index is 1580. The number of methoxy groups -OCH3 is 3. The molecule has 2 aromatic carbocycles. The molecule has 0 spiro atoms. The van der Waals surface area contributed by atoms with E-state index in [1.54, 1.807) is 0 Å². The molecule has 0 saturated carbocycles. The van der Waals surface area contributed by atoms with E-state index in [1.807, 2.05) is 0 Å². The van der Waals surface area contributed by atoms with E-state index in [0.717, 1.165) is 6.07 Å². The monoisotopic (exact) mass is 654 g/mol. The second-order valence-electron chi connectivity index (χ2n) is 10.6. The molecular formula is C29H34O17. The number of aromatic hydroxyl groups is 2. The van der Waals surface area contributed by atoms with Crippen molar-refractivity contribution in [1.29, 1.82) is 0 Å². The number of ether oxygens (including phenoxy) is 7.